The molecule has 8 heteroatoms. The van der Waals surface area contributed by atoms with Crippen molar-refractivity contribution in [1.29, 1.82) is 0 Å². The minimum absolute atomic E-state index is 0.181. The molecule has 1 aromatic carbocycles. The number of halogens is 3. The van der Waals surface area contributed by atoms with Crippen molar-refractivity contribution >= 4 is 5.69 Å². The van der Waals surface area contributed by atoms with Gasteiger partial charge in [0, 0.05) is 12.6 Å². The molecule has 0 spiro atoms. The Kier molecular flexibility index (Phi) is 5.02. The molecule has 1 heterocycles. The fourth-order valence-electron chi connectivity index (χ4n) is 2.15. The molecule has 0 bridgehead atoms. The number of nitrogens with one attached hydrogen (secondary N) is 1. The lowest BCUT2D eigenvalue weighted by atomic mass is 10.2. The average molecular weight is 329 g/mol. The number of anilines is 1. The van der Waals surface area contributed by atoms with Crippen LogP contribution < -0.4 is 14.8 Å². The van der Waals surface area contributed by atoms with Gasteiger partial charge >= 0.3 is 6.18 Å². The molecule has 5 nitrogen and oxygen atoms in total. The lowest BCUT2D eigenvalue weighted by molar-refractivity contribution is -0.141. The van der Waals surface area contributed by atoms with Crippen molar-refractivity contribution in [3.8, 4) is 11.5 Å². The highest BCUT2D eigenvalue weighted by Gasteiger charge is 2.34. The van der Waals surface area contributed by atoms with Crippen molar-refractivity contribution in [2.75, 3.05) is 19.5 Å². The Bertz CT molecular complexity index is 668. The van der Waals surface area contributed by atoms with Crippen molar-refractivity contribution in [3.63, 3.8) is 0 Å². The van der Waals surface area contributed by atoms with Crippen molar-refractivity contribution in [2.45, 2.75) is 26.2 Å². The van der Waals surface area contributed by atoms with Gasteiger partial charge in [-0.2, -0.15) is 18.3 Å². The van der Waals surface area contributed by atoms with Crippen molar-refractivity contribution < 1.29 is 22.6 Å². The highest BCUT2D eigenvalue weighted by molar-refractivity contribution is 5.59. The average Bonchev–Trinajstić information content (AvgIpc) is 2.96. The Hall–Kier alpha value is -2.38. The first kappa shape index (κ1) is 17.0. The van der Waals surface area contributed by atoms with Crippen LogP contribution in [0.15, 0.2) is 24.3 Å². The third kappa shape index (κ3) is 3.88. The number of rotatable bonds is 6. The van der Waals surface area contributed by atoms with E-state index in [1.165, 1.54) is 18.9 Å². The molecule has 0 saturated heterocycles. The van der Waals surface area contributed by atoms with Gasteiger partial charge in [0.1, 0.15) is 11.5 Å². The van der Waals surface area contributed by atoms with Gasteiger partial charge in [-0.25, -0.2) is 0 Å². The third-order valence-corrected chi connectivity index (χ3v) is 3.32. The van der Waals surface area contributed by atoms with E-state index in [-0.39, 0.29) is 6.54 Å². The zero-order chi connectivity index (χ0) is 17.0. The van der Waals surface area contributed by atoms with Gasteiger partial charge in [-0.3, -0.25) is 4.68 Å². The molecule has 23 heavy (non-hydrogen) atoms. The summed E-state index contributed by atoms with van der Waals surface area (Å²) >= 11 is 0. The van der Waals surface area contributed by atoms with E-state index in [1.807, 2.05) is 0 Å². The first-order chi connectivity index (χ1) is 10.9. The van der Waals surface area contributed by atoms with Gasteiger partial charge in [-0.15, -0.1) is 0 Å². The number of methoxy groups -OCH3 is 2. The molecular weight excluding hydrogens is 311 g/mol. The number of hydrogen-bond acceptors (Lipinski definition) is 4. The van der Waals surface area contributed by atoms with E-state index >= 15 is 0 Å². The van der Waals surface area contributed by atoms with Gasteiger partial charge in [0.05, 0.1) is 32.1 Å². The topological polar surface area (TPSA) is 48.3 Å². The number of nitrogens with zero attached hydrogens (tertiary/aromatic N) is 2. The zero-order valence-corrected chi connectivity index (χ0v) is 13.1. The maximum absolute atomic E-state index is 12.8. The van der Waals surface area contributed by atoms with Crippen molar-refractivity contribution in [3.05, 3.63) is 35.7 Å². The van der Waals surface area contributed by atoms with Gasteiger partial charge in [-0.05, 0) is 25.1 Å². The summed E-state index contributed by atoms with van der Waals surface area (Å²) in [5, 5.41) is 6.65. The predicted molar refractivity (Wildman–Crippen MR) is 79.8 cm³/mol. The quantitative estimate of drug-likeness (QED) is 0.880. The van der Waals surface area contributed by atoms with Gasteiger partial charge in [-0.1, -0.05) is 0 Å². The molecule has 0 aliphatic heterocycles. The lowest BCUT2D eigenvalue weighted by Crippen LogP contribution is -2.09. The van der Waals surface area contributed by atoms with Gasteiger partial charge < -0.3 is 14.8 Å². The summed E-state index contributed by atoms with van der Waals surface area (Å²) < 4.78 is 50.0. The fraction of sp³-hybridized carbons (Fsp3) is 0.400. The van der Waals surface area contributed by atoms with Crippen LogP contribution in [0, 0.1) is 0 Å². The molecule has 2 rings (SSSR count). The van der Waals surface area contributed by atoms with Crippen LogP contribution in [0.25, 0.3) is 0 Å². The van der Waals surface area contributed by atoms with E-state index in [9.17, 15) is 13.2 Å². The van der Waals surface area contributed by atoms with Crippen molar-refractivity contribution in [1.82, 2.24) is 9.78 Å². The summed E-state index contributed by atoms with van der Waals surface area (Å²) in [5.74, 6) is 1.19. The van der Waals surface area contributed by atoms with Crippen LogP contribution in [0.5, 0.6) is 11.5 Å². The zero-order valence-electron chi connectivity index (χ0n) is 13.1. The van der Waals surface area contributed by atoms with Crippen LogP contribution in [0.4, 0.5) is 18.9 Å². The molecule has 0 aliphatic carbocycles. The van der Waals surface area contributed by atoms with Crippen LogP contribution in [0.1, 0.15) is 18.3 Å². The minimum atomic E-state index is -4.46. The standard InChI is InChI=1S/C15H18F3N3O2/c1-4-21-10(7-14(20-21)15(16,17)18)9-19-12-8-11(22-2)5-6-13(12)23-3/h5-8,19H,4,9H2,1-3H3. The highest BCUT2D eigenvalue weighted by atomic mass is 19.4. The number of aryl methyl sites for hydroxylation is 1. The first-order valence-corrected chi connectivity index (χ1v) is 6.98. The normalized spacial score (nSPS) is 11.4. The first-order valence-electron chi connectivity index (χ1n) is 6.98. The molecule has 1 N–H and O–H groups in total. The molecule has 0 amide bonds. The molecule has 0 fully saturated rings. The predicted octanol–water partition coefficient (Wildman–Crippen LogP) is 3.55. The summed E-state index contributed by atoms with van der Waals surface area (Å²) in [6.45, 7) is 2.27. The summed E-state index contributed by atoms with van der Waals surface area (Å²) in [5.41, 5.74) is 0.169. The summed E-state index contributed by atoms with van der Waals surface area (Å²) in [6, 6.07) is 6.22. The highest BCUT2D eigenvalue weighted by Crippen LogP contribution is 2.31. The largest absolute Gasteiger partial charge is 0.497 e. The minimum Gasteiger partial charge on any atom is -0.497 e. The smallest absolute Gasteiger partial charge is 0.435 e. The number of alkyl halides is 3. The van der Waals surface area contributed by atoms with Crippen LogP contribution >= 0.6 is 0 Å². The molecule has 0 saturated carbocycles. The SMILES string of the molecule is CCn1nc(C(F)(F)F)cc1CNc1cc(OC)ccc1OC. The summed E-state index contributed by atoms with van der Waals surface area (Å²) in [7, 11) is 3.05. The molecule has 2 aromatic rings. The van der Waals surface area contributed by atoms with Crippen LogP contribution in [-0.4, -0.2) is 24.0 Å². The lowest BCUT2D eigenvalue weighted by Gasteiger charge is -2.13. The maximum Gasteiger partial charge on any atom is 0.435 e. The van der Waals surface area contributed by atoms with Crippen molar-refractivity contribution in [2.24, 2.45) is 0 Å². The second kappa shape index (κ2) is 6.80. The molecule has 0 atom stereocenters. The van der Waals surface area contributed by atoms with Gasteiger partial charge in [0.15, 0.2) is 5.69 Å². The number of hydrogen-bond donors (Lipinski definition) is 1. The van der Waals surface area contributed by atoms with E-state index in [0.29, 0.717) is 29.4 Å². The second-order valence-electron chi connectivity index (χ2n) is 4.75. The van der Waals surface area contributed by atoms with Crippen LogP contribution in [0.2, 0.25) is 0 Å². The summed E-state index contributed by atoms with van der Waals surface area (Å²) in [4.78, 5) is 0. The summed E-state index contributed by atoms with van der Waals surface area (Å²) in [6.07, 6.45) is -4.46. The maximum atomic E-state index is 12.8. The third-order valence-electron chi connectivity index (χ3n) is 3.32. The Morgan fingerprint density at radius 3 is 2.48 bits per heavy atom. The molecule has 126 valence electrons. The van der Waals surface area contributed by atoms with Gasteiger partial charge in [0.25, 0.3) is 0 Å². The Balaban J connectivity index is 2.22. The number of benzene rings is 1. The number of ether oxygens (including phenoxy) is 2. The molecule has 0 radical (unpaired) electrons. The van der Waals surface area contributed by atoms with E-state index in [4.69, 9.17) is 9.47 Å². The molecular formula is C15H18F3N3O2. The Morgan fingerprint density at radius 1 is 1.17 bits per heavy atom. The number of aromatic nitrogens is 2. The van der Waals surface area contributed by atoms with E-state index in [2.05, 4.69) is 10.4 Å². The molecule has 1 aromatic heterocycles. The molecule has 0 unspecified atom stereocenters. The Morgan fingerprint density at radius 2 is 1.91 bits per heavy atom. The van der Waals surface area contributed by atoms with E-state index < -0.39 is 11.9 Å². The fourth-order valence-corrected chi connectivity index (χ4v) is 2.15. The van der Waals surface area contributed by atoms with E-state index in [0.717, 1.165) is 6.07 Å². The van der Waals surface area contributed by atoms with Crippen LogP contribution in [0.3, 0.4) is 0 Å². The molecule has 0 aliphatic rings. The van der Waals surface area contributed by atoms with E-state index in [1.54, 1.807) is 25.1 Å². The Labute approximate surface area is 132 Å². The monoisotopic (exact) mass is 329 g/mol. The van der Waals surface area contributed by atoms with Crippen LogP contribution in [-0.2, 0) is 19.3 Å². The second-order valence-corrected chi connectivity index (χ2v) is 4.75. The van der Waals surface area contributed by atoms with Gasteiger partial charge in [0.2, 0.25) is 0 Å².